The molecule has 2 rings (SSSR count). The predicted octanol–water partition coefficient (Wildman–Crippen LogP) is 2.06. The Morgan fingerprint density at radius 3 is 2.77 bits per heavy atom. The van der Waals surface area contributed by atoms with Crippen LogP contribution in [-0.2, 0) is 14.8 Å². The van der Waals surface area contributed by atoms with Crippen LogP contribution in [-0.4, -0.2) is 40.8 Å². The third kappa shape index (κ3) is 4.62. The van der Waals surface area contributed by atoms with Crippen LogP contribution in [0.5, 0.6) is 0 Å². The van der Waals surface area contributed by atoms with Crippen molar-refractivity contribution in [2.75, 3.05) is 26.8 Å². The van der Waals surface area contributed by atoms with Gasteiger partial charge in [0.25, 0.3) is 0 Å². The van der Waals surface area contributed by atoms with Crippen LogP contribution in [0.4, 0.5) is 4.39 Å². The van der Waals surface area contributed by atoms with Gasteiger partial charge in [0.2, 0.25) is 10.0 Å². The molecular formula is C13H19BrClFN2O3S. The lowest BCUT2D eigenvalue weighted by Crippen LogP contribution is -2.52. The first-order valence-corrected chi connectivity index (χ1v) is 8.85. The number of rotatable bonds is 6. The summed E-state index contributed by atoms with van der Waals surface area (Å²) in [5, 5.41) is 3.30. The molecule has 2 N–H and O–H groups in total. The van der Waals surface area contributed by atoms with Crippen molar-refractivity contribution < 1.29 is 17.5 Å². The van der Waals surface area contributed by atoms with E-state index < -0.39 is 15.8 Å². The molecule has 9 heteroatoms. The minimum atomic E-state index is -3.71. The van der Waals surface area contributed by atoms with Gasteiger partial charge >= 0.3 is 0 Å². The standard InChI is InChI=1S/C13H18BrFN2O3S.ClH/c1-20-9-13(5-2-6-16-13)8-17-21(18,19)12-4-3-10(15)7-11(12)14;/h3-4,7,16-17H,2,5-6,8-9H2,1H3;1H. The molecule has 0 amide bonds. The smallest absolute Gasteiger partial charge is 0.241 e. The number of sulfonamides is 1. The Labute approximate surface area is 144 Å². The van der Waals surface area contributed by atoms with Gasteiger partial charge in [-0.1, -0.05) is 0 Å². The fraction of sp³-hybridized carbons (Fsp3) is 0.538. The molecule has 0 aromatic heterocycles. The van der Waals surface area contributed by atoms with Gasteiger partial charge in [-0.2, -0.15) is 0 Å². The highest BCUT2D eigenvalue weighted by atomic mass is 79.9. The summed E-state index contributed by atoms with van der Waals surface area (Å²) in [5.41, 5.74) is -0.381. The second kappa shape index (κ2) is 8.03. The van der Waals surface area contributed by atoms with E-state index in [0.29, 0.717) is 6.61 Å². The molecule has 126 valence electrons. The maximum atomic E-state index is 13.1. The van der Waals surface area contributed by atoms with E-state index in [-0.39, 0.29) is 33.9 Å². The summed E-state index contributed by atoms with van der Waals surface area (Å²) in [6.07, 6.45) is 1.82. The third-order valence-electron chi connectivity index (χ3n) is 3.54. The van der Waals surface area contributed by atoms with E-state index in [4.69, 9.17) is 4.74 Å². The van der Waals surface area contributed by atoms with Gasteiger partial charge in [0.05, 0.1) is 17.0 Å². The van der Waals surface area contributed by atoms with Crippen LogP contribution in [0.3, 0.4) is 0 Å². The Balaban J connectivity index is 0.00000242. The molecule has 1 aromatic carbocycles. The van der Waals surface area contributed by atoms with E-state index in [2.05, 4.69) is 26.0 Å². The van der Waals surface area contributed by atoms with E-state index >= 15 is 0 Å². The summed E-state index contributed by atoms with van der Waals surface area (Å²) in [4.78, 5) is 0.0227. The van der Waals surface area contributed by atoms with Crippen molar-refractivity contribution in [1.29, 1.82) is 0 Å². The average molecular weight is 418 g/mol. The zero-order chi connectivity index (χ0) is 15.5. The fourth-order valence-corrected chi connectivity index (χ4v) is 4.65. The number of halogens is 3. The van der Waals surface area contributed by atoms with E-state index in [0.717, 1.165) is 31.5 Å². The Kier molecular flexibility index (Phi) is 7.22. The molecule has 0 radical (unpaired) electrons. The highest BCUT2D eigenvalue weighted by molar-refractivity contribution is 9.10. The second-order valence-corrected chi connectivity index (χ2v) is 7.73. The van der Waals surface area contributed by atoms with Crippen LogP contribution in [0.15, 0.2) is 27.6 Å². The van der Waals surface area contributed by atoms with Crippen molar-refractivity contribution in [3.63, 3.8) is 0 Å². The molecule has 1 aromatic rings. The number of methoxy groups -OCH3 is 1. The minimum Gasteiger partial charge on any atom is -0.383 e. The molecule has 1 fully saturated rings. The fourth-order valence-electron chi connectivity index (χ4n) is 2.47. The minimum absolute atomic E-state index is 0. The second-order valence-electron chi connectivity index (χ2n) is 5.14. The summed E-state index contributed by atoms with van der Waals surface area (Å²) in [5.74, 6) is -0.492. The summed E-state index contributed by atoms with van der Waals surface area (Å²) in [6, 6.07) is 3.50. The topological polar surface area (TPSA) is 67.4 Å². The highest BCUT2D eigenvalue weighted by Gasteiger charge is 2.35. The summed E-state index contributed by atoms with van der Waals surface area (Å²) in [7, 11) is -2.12. The Bertz CT molecular complexity index is 609. The first-order chi connectivity index (χ1) is 9.88. The first-order valence-electron chi connectivity index (χ1n) is 6.57. The summed E-state index contributed by atoms with van der Waals surface area (Å²) in [6.45, 7) is 1.50. The number of hydrogen-bond acceptors (Lipinski definition) is 4. The van der Waals surface area contributed by atoms with Gasteiger partial charge in [0.15, 0.2) is 0 Å². The molecule has 1 heterocycles. The van der Waals surface area contributed by atoms with Gasteiger partial charge in [0, 0.05) is 18.1 Å². The van der Waals surface area contributed by atoms with E-state index in [1.807, 2.05) is 0 Å². The molecule has 1 atom stereocenters. The SMILES string of the molecule is COCC1(CNS(=O)(=O)c2ccc(F)cc2Br)CCCN1.Cl. The van der Waals surface area contributed by atoms with Crippen LogP contribution in [0.1, 0.15) is 12.8 Å². The van der Waals surface area contributed by atoms with E-state index in [1.54, 1.807) is 7.11 Å². The normalized spacial score (nSPS) is 21.6. The molecule has 1 aliphatic heterocycles. The van der Waals surface area contributed by atoms with Crippen LogP contribution >= 0.6 is 28.3 Å². The summed E-state index contributed by atoms with van der Waals surface area (Å²) < 4.78 is 45.7. The zero-order valence-electron chi connectivity index (χ0n) is 12.1. The lowest BCUT2D eigenvalue weighted by atomic mass is 9.99. The number of ether oxygens (including phenoxy) is 1. The van der Waals surface area contributed by atoms with E-state index in [9.17, 15) is 12.8 Å². The molecule has 0 bridgehead atoms. The predicted molar refractivity (Wildman–Crippen MR) is 88.4 cm³/mol. The molecule has 1 aliphatic rings. The molecule has 0 spiro atoms. The number of benzene rings is 1. The van der Waals surface area contributed by atoms with Gasteiger partial charge in [-0.05, 0) is 53.5 Å². The van der Waals surface area contributed by atoms with Gasteiger partial charge in [0.1, 0.15) is 5.82 Å². The van der Waals surface area contributed by atoms with Crippen LogP contribution in [0, 0.1) is 5.82 Å². The van der Waals surface area contributed by atoms with Crippen molar-refractivity contribution in [2.45, 2.75) is 23.3 Å². The highest BCUT2D eigenvalue weighted by Crippen LogP contribution is 2.24. The van der Waals surface area contributed by atoms with Gasteiger partial charge in [-0.25, -0.2) is 17.5 Å². The van der Waals surface area contributed by atoms with Crippen molar-refractivity contribution in [1.82, 2.24) is 10.0 Å². The zero-order valence-corrected chi connectivity index (χ0v) is 15.3. The van der Waals surface area contributed by atoms with Crippen molar-refractivity contribution in [3.05, 3.63) is 28.5 Å². The molecule has 1 saturated heterocycles. The van der Waals surface area contributed by atoms with Gasteiger partial charge in [-0.15, -0.1) is 12.4 Å². The third-order valence-corrected chi connectivity index (χ3v) is 5.91. The van der Waals surface area contributed by atoms with Crippen molar-refractivity contribution in [2.24, 2.45) is 0 Å². The Morgan fingerprint density at radius 1 is 1.50 bits per heavy atom. The molecule has 0 aliphatic carbocycles. The van der Waals surface area contributed by atoms with Crippen LogP contribution in [0.2, 0.25) is 0 Å². The molecule has 5 nitrogen and oxygen atoms in total. The quantitative estimate of drug-likeness (QED) is 0.743. The maximum absolute atomic E-state index is 13.1. The lowest BCUT2D eigenvalue weighted by molar-refractivity contribution is 0.122. The van der Waals surface area contributed by atoms with Crippen molar-refractivity contribution >= 4 is 38.4 Å². The monoisotopic (exact) mass is 416 g/mol. The molecule has 1 unspecified atom stereocenters. The maximum Gasteiger partial charge on any atom is 0.241 e. The van der Waals surface area contributed by atoms with Gasteiger partial charge < -0.3 is 10.1 Å². The average Bonchev–Trinajstić information content (AvgIpc) is 2.86. The number of hydrogen-bond donors (Lipinski definition) is 2. The Hall–Kier alpha value is -0.250. The largest absolute Gasteiger partial charge is 0.383 e. The first kappa shape index (κ1) is 19.8. The molecule has 0 saturated carbocycles. The van der Waals surface area contributed by atoms with Crippen LogP contribution < -0.4 is 10.0 Å². The number of nitrogens with one attached hydrogen (secondary N) is 2. The van der Waals surface area contributed by atoms with Crippen molar-refractivity contribution in [3.8, 4) is 0 Å². The van der Waals surface area contributed by atoms with Gasteiger partial charge in [-0.3, -0.25) is 0 Å². The molecule has 22 heavy (non-hydrogen) atoms. The van der Waals surface area contributed by atoms with E-state index in [1.165, 1.54) is 6.07 Å². The summed E-state index contributed by atoms with van der Waals surface area (Å²) >= 11 is 3.08. The van der Waals surface area contributed by atoms with Crippen LogP contribution in [0.25, 0.3) is 0 Å². The Morgan fingerprint density at radius 2 is 2.23 bits per heavy atom. The lowest BCUT2D eigenvalue weighted by Gasteiger charge is -2.28. The molecular weight excluding hydrogens is 399 g/mol.